The van der Waals surface area contributed by atoms with E-state index in [1.54, 1.807) is 23.1 Å². The second kappa shape index (κ2) is 11.6. The van der Waals surface area contributed by atoms with Crippen LogP contribution in [0, 0.1) is 6.92 Å². The number of carbonyl (C=O) groups is 2. The van der Waals surface area contributed by atoms with E-state index in [2.05, 4.69) is 6.58 Å². The van der Waals surface area contributed by atoms with E-state index in [1.165, 1.54) is 4.90 Å². The molecule has 166 valence electrons. The summed E-state index contributed by atoms with van der Waals surface area (Å²) in [6.07, 6.45) is 1.60. The Morgan fingerprint density at radius 2 is 1.59 bits per heavy atom. The highest BCUT2D eigenvalue weighted by atomic mass is 16.5. The molecule has 1 heterocycles. The molecule has 2 aromatic carbocycles. The number of benzene rings is 2. The first-order valence-electron chi connectivity index (χ1n) is 10.5. The van der Waals surface area contributed by atoms with Crippen LogP contribution in [0.1, 0.15) is 17.1 Å². The van der Waals surface area contributed by atoms with Gasteiger partial charge in [0.1, 0.15) is 23.8 Å². The van der Waals surface area contributed by atoms with Crippen molar-refractivity contribution >= 4 is 11.8 Å². The summed E-state index contributed by atoms with van der Waals surface area (Å²) in [5.74, 6) is 1.62. The molecule has 0 saturated carbocycles. The second-order valence-electron chi connectivity index (χ2n) is 7.41. The van der Waals surface area contributed by atoms with Gasteiger partial charge in [0, 0.05) is 13.1 Å². The smallest absolute Gasteiger partial charge is 0.261 e. The van der Waals surface area contributed by atoms with Crippen LogP contribution in [-0.2, 0) is 22.7 Å². The van der Waals surface area contributed by atoms with E-state index < -0.39 is 0 Å². The van der Waals surface area contributed by atoms with Crippen molar-refractivity contribution in [3.8, 4) is 5.75 Å². The highest BCUT2D eigenvalue weighted by Crippen LogP contribution is 2.14. The summed E-state index contributed by atoms with van der Waals surface area (Å²) in [7, 11) is 0. The molecule has 0 N–H and O–H groups in total. The normalized spacial score (nSPS) is 10.4. The summed E-state index contributed by atoms with van der Waals surface area (Å²) in [5, 5.41) is 0. The fourth-order valence-electron chi connectivity index (χ4n) is 3.22. The molecule has 0 spiro atoms. The van der Waals surface area contributed by atoms with E-state index in [9.17, 15) is 9.59 Å². The molecule has 6 heteroatoms. The first-order valence-corrected chi connectivity index (χ1v) is 10.5. The lowest BCUT2D eigenvalue weighted by Crippen LogP contribution is -2.44. The van der Waals surface area contributed by atoms with E-state index in [0.29, 0.717) is 24.6 Å². The van der Waals surface area contributed by atoms with Crippen LogP contribution in [0.15, 0.2) is 89.9 Å². The lowest BCUT2D eigenvalue weighted by atomic mass is 10.2. The molecule has 0 saturated heterocycles. The molecule has 1 aromatic heterocycles. The maximum Gasteiger partial charge on any atom is 0.261 e. The van der Waals surface area contributed by atoms with Gasteiger partial charge in [0.15, 0.2) is 6.61 Å². The number of nitrogens with zero attached hydrogens (tertiary/aromatic N) is 2. The van der Waals surface area contributed by atoms with Gasteiger partial charge in [0.05, 0.1) is 6.54 Å². The molecular weight excluding hydrogens is 404 g/mol. The Labute approximate surface area is 188 Å². The number of para-hydroxylation sites is 1. The van der Waals surface area contributed by atoms with Crippen LogP contribution in [0.5, 0.6) is 5.75 Å². The number of amides is 2. The number of hydrogen-bond acceptors (Lipinski definition) is 4. The van der Waals surface area contributed by atoms with Gasteiger partial charge >= 0.3 is 0 Å². The van der Waals surface area contributed by atoms with Crippen molar-refractivity contribution in [2.45, 2.75) is 20.0 Å². The van der Waals surface area contributed by atoms with Crippen molar-refractivity contribution in [1.82, 2.24) is 9.80 Å². The SMILES string of the molecule is C=CCN(CC(=O)N(Cc1ccccc1)Cc1ccc(C)o1)C(=O)COc1ccccc1. The van der Waals surface area contributed by atoms with Crippen LogP contribution in [0.25, 0.3) is 0 Å². The summed E-state index contributed by atoms with van der Waals surface area (Å²) >= 11 is 0. The van der Waals surface area contributed by atoms with Crippen molar-refractivity contribution in [2.75, 3.05) is 19.7 Å². The molecule has 32 heavy (non-hydrogen) atoms. The summed E-state index contributed by atoms with van der Waals surface area (Å²) in [6, 6.07) is 22.6. The van der Waals surface area contributed by atoms with Gasteiger partial charge in [0.2, 0.25) is 5.91 Å². The van der Waals surface area contributed by atoms with Gasteiger partial charge < -0.3 is 19.0 Å². The Bertz CT molecular complexity index is 1010. The van der Waals surface area contributed by atoms with Crippen LogP contribution in [0.3, 0.4) is 0 Å². The monoisotopic (exact) mass is 432 g/mol. The Morgan fingerprint density at radius 3 is 2.22 bits per heavy atom. The molecule has 0 radical (unpaired) electrons. The fraction of sp³-hybridized carbons (Fsp3) is 0.231. The zero-order valence-electron chi connectivity index (χ0n) is 18.3. The molecule has 3 aromatic rings. The van der Waals surface area contributed by atoms with Crippen LogP contribution in [0.2, 0.25) is 0 Å². The van der Waals surface area contributed by atoms with Gasteiger partial charge in [-0.1, -0.05) is 54.6 Å². The zero-order chi connectivity index (χ0) is 22.8. The third-order valence-corrected chi connectivity index (χ3v) is 4.85. The maximum absolute atomic E-state index is 13.2. The molecule has 0 fully saturated rings. The van der Waals surface area contributed by atoms with E-state index in [1.807, 2.05) is 67.6 Å². The first kappa shape index (κ1) is 22.9. The predicted octanol–water partition coefficient (Wildman–Crippen LogP) is 4.21. The molecule has 0 aliphatic rings. The first-order chi connectivity index (χ1) is 15.5. The predicted molar refractivity (Wildman–Crippen MR) is 123 cm³/mol. The zero-order valence-corrected chi connectivity index (χ0v) is 18.3. The van der Waals surface area contributed by atoms with E-state index in [0.717, 1.165) is 11.3 Å². The minimum absolute atomic E-state index is 0.0739. The molecule has 3 rings (SSSR count). The van der Waals surface area contributed by atoms with Crippen molar-refractivity contribution in [3.63, 3.8) is 0 Å². The standard InChI is InChI=1S/C26H28N2O4/c1-3-16-27(26(30)20-31-23-12-8-5-9-13-23)19-25(29)28(17-22-10-6-4-7-11-22)18-24-15-14-21(2)32-24/h3-15H,1,16-20H2,2H3. The number of hydrogen-bond donors (Lipinski definition) is 0. The third-order valence-electron chi connectivity index (χ3n) is 4.85. The van der Waals surface area contributed by atoms with Gasteiger partial charge in [-0.15, -0.1) is 6.58 Å². The highest BCUT2D eigenvalue weighted by molar-refractivity contribution is 5.85. The van der Waals surface area contributed by atoms with Crippen molar-refractivity contribution in [1.29, 1.82) is 0 Å². The van der Waals surface area contributed by atoms with E-state index >= 15 is 0 Å². The largest absolute Gasteiger partial charge is 0.484 e. The summed E-state index contributed by atoms with van der Waals surface area (Å²) in [4.78, 5) is 29.1. The Hall–Kier alpha value is -3.80. The average molecular weight is 433 g/mol. The van der Waals surface area contributed by atoms with Gasteiger partial charge in [0.25, 0.3) is 5.91 Å². The molecule has 2 amide bonds. The Balaban J connectivity index is 1.69. The lowest BCUT2D eigenvalue weighted by Gasteiger charge is -2.27. The lowest BCUT2D eigenvalue weighted by molar-refractivity contribution is -0.142. The van der Waals surface area contributed by atoms with Crippen molar-refractivity contribution in [2.24, 2.45) is 0 Å². The second-order valence-corrected chi connectivity index (χ2v) is 7.41. The van der Waals surface area contributed by atoms with Gasteiger partial charge in [-0.25, -0.2) is 0 Å². The Morgan fingerprint density at radius 1 is 0.906 bits per heavy atom. The van der Waals surface area contributed by atoms with Gasteiger partial charge in [-0.2, -0.15) is 0 Å². The van der Waals surface area contributed by atoms with E-state index in [-0.39, 0.29) is 31.5 Å². The van der Waals surface area contributed by atoms with Crippen molar-refractivity contribution in [3.05, 3.63) is 103 Å². The summed E-state index contributed by atoms with van der Waals surface area (Å²) in [5.41, 5.74) is 0.998. The van der Waals surface area contributed by atoms with Crippen LogP contribution < -0.4 is 4.74 Å². The Kier molecular flexibility index (Phi) is 8.26. The molecule has 0 aliphatic carbocycles. The quantitative estimate of drug-likeness (QED) is 0.426. The van der Waals surface area contributed by atoms with E-state index in [4.69, 9.17) is 9.15 Å². The highest BCUT2D eigenvalue weighted by Gasteiger charge is 2.22. The molecular formula is C26H28N2O4. The van der Waals surface area contributed by atoms with Crippen LogP contribution in [-0.4, -0.2) is 41.3 Å². The molecule has 0 atom stereocenters. The van der Waals surface area contributed by atoms with Crippen LogP contribution in [0.4, 0.5) is 0 Å². The summed E-state index contributed by atoms with van der Waals surface area (Å²) < 4.78 is 11.2. The minimum atomic E-state index is -0.282. The minimum Gasteiger partial charge on any atom is -0.484 e. The molecule has 0 bridgehead atoms. The number of rotatable bonds is 11. The summed E-state index contributed by atoms with van der Waals surface area (Å²) in [6.45, 7) is 6.34. The van der Waals surface area contributed by atoms with Crippen LogP contribution >= 0.6 is 0 Å². The maximum atomic E-state index is 13.2. The van der Waals surface area contributed by atoms with Gasteiger partial charge in [-0.05, 0) is 36.8 Å². The topological polar surface area (TPSA) is 63.0 Å². The number of aryl methyl sites for hydroxylation is 1. The number of furan rings is 1. The molecule has 0 unspecified atom stereocenters. The fourth-order valence-corrected chi connectivity index (χ4v) is 3.22. The third kappa shape index (κ3) is 6.87. The average Bonchev–Trinajstić information content (AvgIpc) is 3.22. The van der Waals surface area contributed by atoms with Gasteiger partial charge in [-0.3, -0.25) is 9.59 Å². The molecule has 6 nitrogen and oxygen atoms in total. The molecule has 0 aliphatic heterocycles. The van der Waals surface area contributed by atoms with Crippen molar-refractivity contribution < 1.29 is 18.7 Å². The number of carbonyl (C=O) groups excluding carboxylic acids is 2. The number of ether oxygens (including phenoxy) is 1.